The second-order valence-corrected chi connectivity index (χ2v) is 5.74. The third-order valence-electron chi connectivity index (χ3n) is 3.92. The first-order chi connectivity index (χ1) is 8.95. The molecule has 0 bridgehead atoms. The minimum Gasteiger partial charge on any atom is -0.378 e. The second kappa shape index (κ2) is 7.82. The van der Waals surface area contributed by atoms with E-state index in [4.69, 9.17) is 16.2 Å². The average molecular weight is 271 g/mol. The molecular formula is C14H29N3O2. The fourth-order valence-corrected chi connectivity index (χ4v) is 2.49. The van der Waals surface area contributed by atoms with Crippen molar-refractivity contribution < 1.29 is 9.53 Å². The number of hydrogen-bond donors (Lipinski definition) is 2. The van der Waals surface area contributed by atoms with E-state index in [-0.39, 0.29) is 0 Å². The topological polar surface area (TPSA) is 81.6 Å². The van der Waals surface area contributed by atoms with Crippen LogP contribution in [0.5, 0.6) is 0 Å². The van der Waals surface area contributed by atoms with Crippen LogP contribution in [-0.2, 0) is 9.53 Å². The smallest absolute Gasteiger partial charge is 0.237 e. The molecule has 0 radical (unpaired) electrons. The molecule has 0 saturated carbocycles. The van der Waals surface area contributed by atoms with Crippen molar-refractivity contribution in [1.82, 2.24) is 4.90 Å². The fourth-order valence-electron chi connectivity index (χ4n) is 2.49. The van der Waals surface area contributed by atoms with Crippen LogP contribution in [0.4, 0.5) is 0 Å². The number of hydrogen-bond acceptors (Lipinski definition) is 4. The van der Waals surface area contributed by atoms with Crippen molar-refractivity contribution in [3.05, 3.63) is 0 Å². The molecule has 1 aliphatic heterocycles. The number of likely N-dealkylation sites (tertiary alicyclic amines) is 1. The van der Waals surface area contributed by atoms with Crippen LogP contribution in [0.25, 0.3) is 0 Å². The Bertz CT molecular complexity index is 274. The minimum absolute atomic E-state index is 0.412. The van der Waals surface area contributed by atoms with E-state index >= 15 is 0 Å². The molecule has 1 unspecified atom stereocenters. The summed E-state index contributed by atoms with van der Waals surface area (Å²) < 4.78 is 5.63. The molecular weight excluding hydrogens is 242 g/mol. The van der Waals surface area contributed by atoms with Gasteiger partial charge >= 0.3 is 0 Å². The quantitative estimate of drug-likeness (QED) is 0.642. The lowest BCUT2D eigenvalue weighted by Crippen LogP contribution is -2.49. The average Bonchev–Trinajstić information content (AvgIpc) is 2.37. The number of carbonyl (C=O) groups is 1. The molecule has 1 fully saturated rings. The number of unbranched alkanes of at least 4 members (excludes halogenated alkanes) is 1. The molecule has 4 N–H and O–H groups in total. The molecule has 1 saturated heterocycles. The van der Waals surface area contributed by atoms with Gasteiger partial charge in [0.2, 0.25) is 5.91 Å². The highest BCUT2D eigenvalue weighted by Gasteiger charge is 2.25. The number of nitrogens with zero attached hydrogens (tertiary/aromatic N) is 1. The van der Waals surface area contributed by atoms with Gasteiger partial charge in [0.05, 0.1) is 11.6 Å². The van der Waals surface area contributed by atoms with E-state index in [0.29, 0.717) is 12.5 Å². The minimum atomic E-state index is -0.859. The van der Waals surface area contributed by atoms with E-state index in [0.717, 1.165) is 51.9 Å². The van der Waals surface area contributed by atoms with Gasteiger partial charge < -0.3 is 21.1 Å². The van der Waals surface area contributed by atoms with Crippen molar-refractivity contribution in [1.29, 1.82) is 0 Å². The van der Waals surface area contributed by atoms with Crippen molar-refractivity contribution in [2.45, 2.75) is 57.6 Å². The third-order valence-corrected chi connectivity index (χ3v) is 3.92. The Morgan fingerprint density at radius 1 is 1.37 bits per heavy atom. The molecule has 0 aliphatic carbocycles. The van der Waals surface area contributed by atoms with Gasteiger partial charge in [-0.1, -0.05) is 0 Å². The Kier molecular flexibility index (Phi) is 6.75. The standard InChI is InChI=1S/C14H29N3O2/c1-3-19-12-6-10-17(11-7-12)9-5-4-8-14(2,16)13(15)18/h12H,3-11,16H2,1-2H3,(H2,15,18). The van der Waals surface area contributed by atoms with Crippen molar-refractivity contribution in [3.63, 3.8) is 0 Å². The lowest BCUT2D eigenvalue weighted by molar-refractivity contribution is -0.122. The van der Waals surface area contributed by atoms with Gasteiger partial charge in [0, 0.05) is 19.7 Å². The van der Waals surface area contributed by atoms with E-state index < -0.39 is 11.4 Å². The highest BCUT2D eigenvalue weighted by atomic mass is 16.5. The van der Waals surface area contributed by atoms with Crippen LogP contribution < -0.4 is 11.5 Å². The predicted octanol–water partition coefficient (Wildman–Crippen LogP) is 0.860. The summed E-state index contributed by atoms with van der Waals surface area (Å²) in [7, 11) is 0. The van der Waals surface area contributed by atoms with Crippen LogP contribution in [-0.4, -0.2) is 48.7 Å². The van der Waals surface area contributed by atoms with E-state index in [1.54, 1.807) is 6.92 Å². The maximum Gasteiger partial charge on any atom is 0.237 e. The fraction of sp³-hybridized carbons (Fsp3) is 0.929. The summed E-state index contributed by atoms with van der Waals surface area (Å²) in [6.07, 6.45) is 5.38. The van der Waals surface area contributed by atoms with Crippen molar-refractivity contribution in [2.75, 3.05) is 26.2 Å². The number of nitrogens with two attached hydrogens (primary N) is 2. The number of primary amides is 1. The molecule has 1 heterocycles. The Labute approximate surface area is 116 Å². The molecule has 1 amide bonds. The normalized spacial score (nSPS) is 21.2. The van der Waals surface area contributed by atoms with Crippen LogP contribution in [0.2, 0.25) is 0 Å². The maximum atomic E-state index is 11.1. The van der Waals surface area contributed by atoms with E-state index in [1.165, 1.54) is 0 Å². The zero-order valence-corrected chi connectivity index (χ0v) is 12.4. The van der Waals surface area contributed by atoms with Crippen molar-refractivity contribution >= 4 is 5.91 Å². The van der Waals surface area contributed by atoms with Gasteiger partial charge in [-0.05, 0) is 52.5 Å². The summed E-state index contributed by atoms with van der Waals surface area (Å²) in [6, 6.07) is 0. The van der Waals surface area contributed by atoms with Crippen LogP contribution >= 0.6 is 0 Å². The summed E-state index contributed by atoms with van der Waals surface area (Å²) in [5.74, 6) is -0.412. The lowest BCUT2D eigenvalue weighted by Gasteiger charge is -2.31. The Morgan fingerprint density at radius 3 is 2.53 bits per heavy atom. The largest absolute Gasteiger partial charge is 0.378 e. The molecule has 1 rings (SSSR count). The van der Waals surface area contributed by atoms with Gasteiger partial charge in [-0.3, -0.25) is 4.79 Å². The predicted molar refractivity (Wildman–Crippen MR) is 76.7 cm³/mol. The number of ether oxygens (including phenoxy) is 1. The summed E-state index contributed by atoms with van der Waals surface area (Å²) in [5, 5.41) is 0. The molecule has 0 aromatic heterocycles. The Morgan fingerprint density at radius 2 is 2.00 bits per heavy atom. The molecule has 112 valence electrons. The monoisotopic (exact) mass is 271 g/mol. The van der Waals surface area contributed by atoms with E-state index in [9.17, 15) is 4.79 Å². The van der Waals surface area contributed by atoms with Crippen LogP contribution in [0.3, 0.4) is 0 Å². The van der Waals surface area contributed by atoms with Gasteiger partial charge in [-0.25, -0.2) is 0 Å². The molecule has 1 atom stereocenters. The van der Waals surface area contributed by atoms with Crippen LogP contribution in [0, 0.1) is 0 Å². The summed E-state index contributed by atoms with van der Waals surface area (Å²) in [6.45, 7) is 7.87. The third kappa shape index (κ3) is 5.89. The van der Waals surface area contributed by atoms with Gasteiger partial charge in [-0.2, -0.15) is 0 Å². The Balaban J connectivity index is 2.10. The van der Waals surface area contributed by atoms with Crippen molar-refractivity contribution in [3.8, 4) is 0 Å². The van der Waals surface area contributed by atoms with Gasteiger partial charge in [0.15, 0.2) is 0 Å². The summed E-state index contributed by atoms with van der Waals surface area (Å²) >= 11 is 0. The van der Waals surface area contributed by atoms with Gasteiger partial charge in [0.25, 0.3) is 0 Å². The Hall–Kier alpha value is -0.650. The first kappa shape index (κ1) is 16.4. The summed E-state index contributed by atoms with van der Waals surface area (Å²) in [4.78, 5) is 13.6. The maximum absolute atomic E-state index is 11.1. The lowest BCUT2D eigenvalue weighted by atomic mass is 9.95. The SMILES string of the molecule is CCOC1CCN(CCCCC(C)(N)C(N)=O)CC1. The first-order valence-corrected chi connectivity index (χ1v) is 7.38. The molecule has 1 aliphatic rings. The van der Waals surface area contributed by atoms with Crippen molar-refractivity contribution in [2.24, 2.45) is 11.5 Å². The zero-order valence-electron chi connectivity index (χ0n) is 12.4. The number of piperidine rings is 1. The molecule has 0 spiro atoms. The summed E-state index contributed by atoms with van der Waals surface area (Å²) in [5.41, 5.74) is 10.2. The molecule has 5 heteroatoms. The van der Waals surface area contributed by atoms with Gasteiger partial charge in [-0.15, -0.1) is 0 Å². The van der Waals surface area contributed by atoms with E-state index in [1.807, 2.05) is 0 Å². The first-order valence-electron chi connectivity index (χ1n) is 7.38. The van der Waals surface area contributed by atoms with Gasteiger partial charge in [0.1, 0.15) is 0 Å². The van der Waals surface area contributed by atoms with Crippen LogP contribution in [0.1, 0.15) is 46.0 Å². The molecule has 19 heavy (non-hydrogen) atoms. The highest BCUT2D eigenvalue weighted by Crippen LogP contribution is 2.15. The zero-order chi connectivity index (χ0) is 14.3. The number of carbonyl (C=O) groups excluding carboxylic acids is 1. The molecule has 5 nitrogen and oxygen atoms in total. The second-order valence-electron chi connectivity index (χ2n) is 5.74. The number of rotatable bonds is 8. The number of amides is 1. The molecule has 0 aromatic carbocycles. The van der Waals surface area contributed by atoms with E-state index in [2.05, 4.69) is 11.8 Å². The highest BCUT2D eigenvalue weighted by molar-refractivity contribution is 5.83. The molecule has 0 aromatic rings. The van der Waals surface area contributed by atoms with Crippen LogP contribution in [0.15, 0.2) is 0 Å².